The van der Waals surface area contributed by atoms with Crippen LogP contribution in [0.3, 0.4) is 0 Å². The van der Waals surface area contributed by atoms with Crippen molar-refractivity contribution in [2.45, 2.75) is 13.8 Å². The molecule has 1 saturated heterocycles. The van der Waals surface area contributed by atoms with Crippen molar-refractivity contribution < 1.29 is 14.7 Å². The number of hydrogen-bond acceptors (Lipinski definition) is 4. The zero-order valence-electron chi connectivity index (χ0n) is 16.9. The third kappa shape index (κ3) is 3.41. The molecular weight excluding hydrogens is 398 g/mol. The molecule has 1 aliphatic rings. The number of amides is 1. The minimum absolute atomic E-state index is 0.0734. The molecule has 4 rings (SSSR count). The fraction of sp³-hybridized carbons (Fsp3) is 0.174. The van der Waals surface area contributed by atoms with Crippen molar-refractivity contribution >= 4 is 51.5 Å². The zero-order chi connectivity index (χ0) is 21.4. The number of hydrogen-bond donors (Lipinski definition) is 1. The molecule has 0 unspecified atom stereocenters. The van der Waals surface area contributed by atoms with E-state index in [1.165, 1.54) is 23.9 Å². The molecule has 1 aromatic heterocycles. The first-order valence-corrected chi connectivity index (χ1v) is 10.4. The predicted octanol–water partition coefficient (Wildman–Crippen LogP) is 4.81. The fourth-order valence-corrected chi connectivity index (χ4v) is 4.57. The molecule has 152 valence electrons. The molecule has 7 heteroatoms. The number of carbonyl (C=O) groups is 2. The normalized spacial score (nSPS) is 16.9. The number of carbonyl (C=O) groups excluding carboxylic acids is 1. The lowest BCUT2D eigenvalue weighted by molar-refractivity contribution is -0.122. The van der Waals surface area contributed by atoms with Gasteiger partial charge in [-0.25, -0.2) is 9.79 Å². The lowest BCUT2D eigenvalue weighted by Gasteiger charge is -2.12. The van der Waals surface area contributed by atoms with Crippen molar-refractivity contribution in [2.75, 3.05) is 6.54 Å². The van der Waals surface area contributed by atoms with E-state index in [1.807, 2.05) is 39.1 Å². The van der Waals surface area contributed by atoms with Crippen LogP contribution in [0.25, 0.3) is 17.0 Å². The number of fused-ring (bicyclic) bond motifs is 1. The summed E-state index contributed by atoms with van der Waals surface area (Å²) in [7, 11) is 2.02. The van der Waals surface area contributed by atoms with Crippen LogP contribution < -0.4 is 0 Å². The van der Waals surface area contributed by atoms with Gasteiger partial charge in [-0.3, -0.25) is 9.69 Å². The standard InChI is InChI=1S/C23H21N3O3S/c1-4-26-21(27)20(13-18-14(2)25(3)19-8-6-5-7-17(18)19)30-23(26)24-16-11-9-15(10-12-16)22(28)29/h5-13H,4H2,1-3H3,(H,28,29)/b20-13+,24-23?. The van der Waals surface area contributed by atoms with Crippen molar-refractivity contribution in [3.63, 3.8) is 0 Å². The van der Waals surface area contributed by atoms with Crippen LogP contribution in [0, 0.1) is 6.92 Å². The van der Waals surface area contributed by atoms with Gasteiger partial charge in [0.15, 0.2) is 5.17 Å². The highest BCUT2D eigenvalue weighted by Crippen LogP contribution is 2.36. The average molecular weight is 420 g/mol. The summed E-state index contributed by atoms with van der Waals surface area (Å²) in [5.41, 5.74) is 4.06. The molecule has 1 aliphatic heterocycles. The number of para-hydroxylation sites is 1. The van der Waals surface area contributed by atoms with E-state index in [2.05, 4.69) is 21.7 Å². The van der Waals surface area contributed by atoms with Crippen molar-refractivity contribution in [3.05, 3.63) is 70.3 Å². The molecule has 3 aromatic rings. The minimum atomic E-state index is -0.981. The Balaban J connectivity index is 1.73. The predicted molar refractivity (Wildman–Crippen MR) is 121 cm³/mol. The number of rotatable bonds is 4. The summed E-state index contributed by atoms with van der Waals surface area (Å²) in [6, 6.07) is 14.4. The number of aryl methyl sites for hydroxylation is 1. The first-order valence-electron chi connectivity index (χ1n) is 9.58. The lowest BCUT2D eigenvalue weighted by atomic mass is 10.1. The summed E-state index contributed by atoms with van der Waals surface area (Å²) in [6.07, 6.45) is 1.95. The van der Waals surface area contributed by atoms with E-state index in [4.69, 9.17) is 5.11 Å². The number of benzene rings is 2. The van der Waals surface area contributed by atoms with Crippen LogP contribution in [0.4, 0.5) is 5.69 Å². The zero-order valence-corrected chi connectivity index (χ0v) is 17.7. The van der Waals surface area contributed by atoms with E-state index in [0.29, 0.717) is 22.3 Å². The number of nitrogens with zero attached hydrogens (tertiary/aromatic N) is 3. The smallest absolute Gasteiger partial charge is 0.335 e. The molecule has 0 aliphatic carbocycles. The lowest BCUT2D eigenvalue weighted by Crippen LogP contribution is -2.28. The molecule has 1 N–H and O–H groups in total. The summed E-state index contributed by atoms with van der Waals surface area (Å²) in [5.74, 6) is -1.05. The second-order valence-corrected chi connectivity index (χ2v) is 7.99. The van der Waals surface area contributed by atoms with Gasteiger partial charge in [0, 0.05) is 35.8 Å². The summed E-state index contributed by atoms with van der Waals surface area (Å²) in [6.45, 7) is 4.46. The molecule has 30 heavy (non-hydrogen) atoms. The first kappa shape index (κ1) is 20.0. The summed E-state index contributed by atoms with van der Waals surface area (Å²) >= 11 is 1.34. The summed E-state index contributed by atoms with van der Waals surface area (Å²) in [5, 5.41) is 10.7. The van der Waals surface area contributed by atoms with Crippen molar-refractivity contribution in [1.82, 2.24) is 9.47 Å². The highest BCUT2D eigenvalue weighted by Gasteiger charge is 2.32. The van der Waals surface area contributed by atoms with Crippen LogP contribution in [0.15, 0.2) is 58.4 Å². The van der Waals surface area contributed by atoms with Gasteiger partial charge in [0.05, 0.1) is 16.2 Å². The van der Waals surface area contributed by atoms with Gasteiger partial charge in [0.25, 0.3) is 5.91 Å². The third-order valence-corrected chi connectivity index (χ3v) is 6.27. The van der Waals surface area contributed by atoms with Gasteiger partial charge in [-0.15, -0.1) is 0 Å². The largest absolute Gasteiger partial charge is 0.478 e. The van der Waals surface area contributed by atoms with Crippen molar-refractivity contribution in [2.24, 2.45) is 12.0 Å². The van der Waals surface area contributed by atoms with Crippen molar-refractivity contribution in [1.29, 1.82) is 0 Å². The van der Waals surface area contributed by atoms with Crippen LogP contribution in [-0.2, 0) is 11.8 Å². The molecule has 2 aromatic carbocycles. The van der Waals surface area contributed by atoms with Gasteiger partial charge in [0.1, 0.15) is 0 Å². The van der Waals surface area contributed by atoms with E-state index in [0.717, 1.165) is 22.2 Å². The number of thioether (sulfide) groups is 1. The number of likely N-dealkylation sites (N-methyl/N-ethyl adjacent to an activating group) is 1. The second-order valence-electron chi connectivity index (χ2n) is 6.98. The van der Waals surface area contributed by atoms with Gasteiger partial charge in [-0.1, -0.05) is 18.2 Å². The number of carboxylic acids is 1. The van der Waals surface area contributed by atoms with Gasteiger partial charge in [-0.05, 0) is 62.0 Å². The maximum atomic E-state index is 13.0. The molecular formula is C23H21N3O3S. The molecule has 0 radical (unpaired) electrons. The van der Waals surface area contributed by atoms with Crippen LogP contribution in [-0.4, -0.2) is 38.2 Å². The van der Waals surface area contributed by atoms with Crippen molar-refractivity contribution in [3.8, 4) is 0 Å². The Hall–Kier alpha value is -3.32. The van der Waals surface area contributed by atoms with Gasteiger partial charge in [0.2, 0.25) is 0 Å². The van der Waals surface area contributed by atoms with Crippen LogP contribution in [0.1, 0.15) is 28.5 Å². The van der Waals surface area contributed by atoms with Gasteiger partial charge >= 0.3 is 5.97 Å². The number of carboxylic acid groups (broad SMARTS) is 1. The Morgan fingerprint density at radius 1 is 1.17 bits per heavy atom. The van der Waals surface area contributed by atoms with E-state index in [-0.39, 0.29) is 11.5 Å². The molecule has 0 saturated carbocycles. The molecule has 1 amide bonds. The van der Waals surface area contributed by atoms with E-state index in [9.17, 15) is 9.59 Å². The minimum Gasteiger partial charge on any atom is -0.478 e. The molecule has 6 nitrogen and oxygen atoms in total. The number of aromatic nitrogens is 1. The van der Waals surface area contributed by atoms with E-state index < -0.39 is 5.97 Å². The van der Waals surface area contributed by atoms with Gasteiger partial charge in [-0.2, -0.15) is 0 Å². The Bertz CT molecular complexity index is 1220. The molecule has 0 bridgehead atoms. The van der Waals surface area contributed by atoms with Crippen LogP contribution in [0.2, 0.25) is 0 Å². The number of aromatic carboxylic acids is 1. The Morgan fingerprint density at radius 2 is 1.87 bits per heavy atom. The molecule has 1 fully saturated rings. The number of aliphatic imine (C=N–C) groups is 1. The Labute approximate surface area is 178 Å². The van der Waals surface area contributed by atoms with Crippen LogP contribution >= 0.6 is 11.8 Å². The topological polar surface area (TPSA) is 74.9 Å². The second kappa shape index (κ2) is 7.84. The fourth-order valence-electron chi connectivity index (χ4n) is 3.52. The highest BCUT2D eigenvalue weighted by molar-refractivity contribution is 8.18. The molecule has 0 atom stereocenters. The maximum absolute atomic E-state index is 13.0. The number of amidine groups is 1. The Kier molecular flexibility index (Phi) is 5.22. The quantitative estimate of drug-likeness (QED) is 0.616. The molecule has 0 spiro atoms. The third-order valence-electron chi connectivity index (χ3n) is 5.27. The monoisotopic (exact) mass is 419 g/mol. The summed E-state index contributed by atoms with van der Waals surface area (Å²) in [4.78, 5) is 30.9. The average Bonchev–Trinajstić information content (AvgIpc) is 3.17. The first-order chi connectivity index (χ1) is 14.4. The van der Waals surface area contributed by atoms with E-state index in [1.54, 1.807) is 17.0 Å². The highest BCUT2D eigenvalue weighted by atomic mass is 32.2. The van der Waals surface area contributed by atoms with Gasteiger partial charge < -0.3 is 9.67 Å². The summed E-state index contributed by atoms with van der Waals surface area (Å²) < 4.78 is 2.13. The van der Waals surface area contributed by atoms with E-state index >= 15 is 0 Å². The SMILES string of the molecule is CCN1C(=O)/C(=C\c2c(C)n(C)c3ccccc23)SC1=Nc1ccc(C(=O)O)cc1. The van der Waals surface area contributed by atoms with Crippen LogP contribution in [0.5, 0.6) is 0 Å². The maximum Gasteiger partial charge on any atom is 0.335 e. The molecule has 2 heterocycles. The Morgan fingerprint density at radius 3 is 2.53 bits per heavy atom.